The fraction of sp³-hybridized carbons (Fsp3) is 0.500. The van der Waals surface area contributed by atoms with Crippen molar-refractivity contribution >= 4 is 5.97 Å². The van der Waals surface area contributed by atoms with Gasteiger partial charge in [-0.05, 0) is 19.4 Å². The van der Waals surface area contributed by atoms with Crippen LogP contribution in [0.2, 0.25) is 0 Å². The Morgan fingerprint density at radius 3 is 3.00 bits per heavy atom. The molecule has 7 heteroatoms. The summed E-state index contributed by atoms with van der Waals surface area (Å²) in [5.41, 5.74) is 1.09. The molecule has 0 aliphatic rings. The number of hydrogen-bond donors (Lipinski definition) is 0. The maximum atomic E-state index is 11.4. The van der Waals surface area contributed by atoms with Crippen LogP contribution in [-0.2, 0) is 11.3 Å². The number of aryl methyl sites for hydroxylation is 1. The molecule has 0 aromatic carbocycles. The summed E-state index contributed by atoms with van der Waals surface area (Å²) < 4.78 is 11.5. The number of ether oxygens (including phenoxy) is 1. The Bertz CT molecular complexity index is 561. The van der Waals surface area contributed by atoms with Gasteiger partial charge < -0.3 is 9.26 Å². The van der Waals surface area contributed by atoms with Gasteiger partial charge in [-0.2, -0.15) is 10.1 Å². The SMILES string of the molecule is CCOC(=O)c1nc(C(C)Cn2cc(C)cn2)no1. The van der Waals surface area contributed by atoms with Crippen LogP contribution in [0.25, 0.3) is 0 Å². The number of rotatable bonds is 5. The van der Waals surface area contributed by atoms with E-state index in [1.54, 1.807) is 17.8 Å². The Labute approximate surface area is 110 Å². The number of esters is 1. The standard InChI is InChI=1S/C12H16N4O3/c1-4-18-12(17)11-14-10(15-19-11)9(3)7-16-6-8(2)5-13-16/h5-6,9H,4,7H2,1-3H3. The highest BCUT2D eigenvalue weighted by Crippen LogP contribution is 2.14. The minimum Gasteiger partial charge on any atom is -0.459 e. The van der Waals surface area contributed by atoms with Gasteiger partial charge >= 0.3 is 11.9 Å². The maximum Gasteiger partial charge on any atom is 0.397 e. The van der Waals surface area contributed by atoms with Crippen LogP contribution >= 0.6 is 0 Å². The lowest BCUT2D eigenvalue weighted by atomic mass is 10.2. The topological polar surface area (TPSA) is 83.0 Å². The quantitative estimate of drug-likeness (QED) is 0.762. The molecule has 0 aliphatic carbocycles. The molecule has 0 amide bonds. The number of carbonyl (C=O) groups is 1. The molecule has 19 heavy (non-hydrogen) atoms. The Morgan fingerprint density at radius 2 is 2.37 bits per heavy atom. The second-order valence-electron chi connectivity index (χ2n) is 4.32. The summed E-state index contributed by atoms with van der Waals surface area (Å²) in [6, 6.07) is 0. The molecule has 0 saturated heterocycles. The maximum absolute atomic E-state index is 11.4. The molecule has 2 heterocycles. The van der Waals surface area contributed by atoms with Crippen molar-refractivity contribution in [2.45, 2.75) is 33.2 Å². The molecule has 7 nitrogen and oxygen atoms in total. The summed E-state index contributed by atoms with van der Waals surface area (Å²) in [6.45, 7) is 6.53. The highest BCUT2D eigenvalue weighted by atomic mass is 16.6. The predicted octanol–water partition coefficient (Wildman–Crippen LogP) is 1.55. The van der Waals surface area contributed by atoms with Gasteiger partial charge in [-0.3, -0.25) is 4.68 Å². The number of hydrogen-bond acceptors (Lipinski definition) is 6. The van der Waals surface area contributed by atoms with E-state index in [1.165, 1.54) is 0 Å². The molecule has 2 rings (SSSR count). The van der Waals surface area contributed by atoms with Gasteiger partial charge in [0.1, 0.15) is 0 Å². The summed E-state index contributed by atoms with van der Waals surface area (Å²) in [5, 5.41) is 7.99. The van der Waals surface area contributed by atoms with E-state index in [4.69, 9.17) is 9.26 Å². The van der Waals surface area contributed by atoms with Gasteiger partial charge in [0.25, 0.3) is 0 Å². The first-order valence-corrected chi connectivity index (χ1v) is 6.10. The second-order valence-corrected chi connectivity index (χ2v) is 4.32. The average molecular weight is 264 g/mol. The van der Waals surface area contributed by atoms with Crippen molar-refractivity contribution in [2.75, 3.05) is 6.61 Å². The number of aromatic nitrogens is 4. The smallest absolute Gasteiger partial charge is 0.397 e. The van der Waals surface area contributed by atoms with E-state index < -0.39 is 5.97 Å². The zero-order chi connectivity index (χ0) is 13.8. The summed E-state index contributed by atoms with van der Waals surface area (Å²) in [5.74, 6) is -0.244. The van der Waals surface area contributed by atoms with Crippen LogP contribution in [0.1, 0.15) is 41.8 Å². The van der Waals surface area contributed by atoms with Crippen LogP contribution in [0.5, 0.6) is 0 Å². The molecule has 2 aromatic rings. The molecule has 1 unspecified atom stereocenters. The lowest BCUT2D eigenvalue weighted by Crippen LogP contribution is -2.09. The van der Waals surface area contributed by atoms with E-state index in [-0.39, 0.29) is 18.4 Å². The van der Waals surface area contributed by atoms with Crippen molar-refractivity contribution in [3.8, 4) is 0 Å². The summed E-state index contributed by atoms with van der Waals surface area (Å²) >= 11 is 0. The van der Waals surface area contributed by atoms with E-state index >= 15 is 0 Å². The lowest BCUT2D eigenvalue weighted by Gasteiger charge is -2.06. The minimum atomic E-state index is -0.594. The molecule has 102 valence electrons. The molecule has 0 bridgehead atoms. The first-order chi connectivity index (χ1) is 9.10. The monoisotopic (exact) mass is 264 g/mol. The van der Waals surface area contributed by atoms with Gasteiger partial charge in [-0.15, -0.1) is 0 Å². The van der Waals surface area contributed by atoms with E-state index in [2.05, 4.69) is 15.2 Å². The van der Waals surface area contributed by atoms with Crippen molar-refractivity contribution < 1.29 is 14.1 Å². The molecule has 2 aromatic heterocycles. The Kier molecular flexibility index (Phi) is 3.94. The normalized spacial score (nSPS) is 12.4. The van der Waals surface area contributed by atoms with Crippen LogP contribution in [0.15, 0.2) is 16.9 Å². The molecule has 1 atom stereocenters. The fourth-order valence-corrected chi connectivity index (χ4v) is 1.64. The fourth-order valence-electron chi connectivity index (χ4n) is 1.64. The van der Waals surface area contributed by atoms with Gasteiger partial charge in [0.2, 0.25) is 0 Å². The molecular weight excluding hydrogens is 248 g/mol. The van der Waals surface area contributed by atoms with E-state index in [9.17, 15) is 4.79 Å². The lowest BCUT2D eigenvalue weighted by molar-refractivity contribution is 0.0470. The molecule has 0 radical (unpaired) electrons. The number of carbonyl (C=O) groups excluding carboxylic acids is 1. The van der Waals surface area contributed by atoms with Crippen LogP contribution in [0.3, 0.4) is 0 Å². The molecule has 0 spiro atoms. The third-order valence-corrected chi connectivity index (χ3v) is 2.56. The van der Waals surface area contributed by atoms with Gasteiger partial charge in [-0.1, -0.05) is 12.1 Å². The van der Waals surface area contributed by atoms with Gasteiger partial charge in [0.15, 0.2) is 5.82 Å². The van der Waals surface area contributed by atoms with E-state index in [0.29, 0.717) is 12.4 Å². The molecular formula is C12H16N4O3. The largest absolute Gasteiger partial charge is 0.459 e. The van der Waals surface area contributed by atoms with Crippen LogP contribution in [-0.4, -0.2) is 32.5 Å². The summed E-state index contributed by atoms with van der Waals surface area (Å²) in [6.07, 6.45) is 3.72. The van der Waals surface area contributed by atoms with Crippen molar-refractivity contribution in [3.05, 3.63) is 29.7 Å². The second kappa shape index (κ2) is 5.64. The molecule has 0 saturated carbocycles. The van der Waals surface area contributed by atoms with E-state index in [0.717, 1.165) is 5.56 Å². The summed E-state index contributed by atoms with van der Waals surface area (Å²) in [7, 11) is 0. The number of nitrogens with zero attached hydrogens (tertiary/aromatic N) is 4. The Balaban J connectivity index is 2.03. The third-order valence-electron chi connectivity index (χ3n) is 2.56. The molecule has 0 N–H and O–H groups in total. The molecule has 0 aliphatic heterocycles. The van der Waals surface area contributed by atoms with Crippen molar-refractivity contribution in [1.82, 2.24) is 19.9 Å². The van der Waals surface area contributed by atoms with Gasteiger partial charge in [0, 0.05) is 12.1 Å². The minimum absolute atomic E-state index is 0.00812. The third kappa shape index (κ3) is 3.18. The van der Waals surface area contributed by atoms with Gasteiger partial charge in [0.05, 0.1) is 19.3 Å². The van der Waals surface area contributed by atoms with Gasteiger partial charge in [-0.25, -0.2) is 4.79 Å². The van der Waals surface area contributed by atoms with Crippen LogP contribution < -0.4 is 0 Å². The highest BCUT2D eigenvalue weighted by molar-refractivity contribution is 5.83. The zero-order valence-electron chi connectivity index (χ0n) is 11.2. The highest BCUT2D eigenvalue weighted by Gasteiger charge is 2.20. The first kappa shape index (κ1) is 13.3. The predicted molar refractivity (Wildman–Crippen MR) is 65.6 cm³/mol. The van der Waals surface area contributed by atoms with Crippen LogP contribution in [0.4, 0.5) is 0 Å². The Hall–Kier alpha value is -2.18. The molecule has 0 fully saturated rings. The Morgan fingerprint density at radius 1 is 1.58 bits per heavy atom. The zero-order valence-corrected chi connectivity index (χ0v) is 11.2. The van der Waals surface area contributed by atoms with Crippen molar-refractivity contribution in [3.63, 3.8) is 0 Å². The first-order valence-electron chi connectivity index (χ1n) is 6.10. The van der Waals surface area contributed by atoms with Crippen molar-refractivity contribution in [1.29, 1.82) is 0 Å². The van der Waals surface area contributed by atoms with Crippen molar-refractivity contribution in [2.24, 2.45) is 0 Å². The van der Waals surface area contributed by atoms with Crippen LogP contribution in [0, 0.1) is 6.92 Å². The summed E-state index contributed by atoms with van der Waals surface area (Å²) in [4.78, 5) is 15.4. The average Bonchev–Trinajstić information content (AvgIpc) is 2.98. The van der Waals surface area contributed by atoms with E-state index in [1.807, 2.05) is 20.0 Å².